The zero-order valence-corrected chi connectivity index (χ0v) is 16.5. The lowest BCUT2D eigenvalue weighted by Gasteiger charge is -2.35. The van der Waals surface area contributed by atoms with Crippen LogP contribution in [0.4, 0.5) is 10.1 Å². The number of carbonyl (C=O) groups is 2. The standard InChI is InChI=1S/C21H31FN4O2/c22-18-6-5-7-19(16-18)23-20(27)8-11-24-12-14-25(15-13-24)17-21(28)26-9-3-1-2-4-10-26/h5-7,16H,1-4,8-15,17H2,(H,23,27). The van der Waals surface area contributed by atoms with Gasteiger partial charge in [0.2, 0.25) is 11.8 Å². The first kappa shape index (κ1) is 20.7. The van der Waals surface area contributed by atoms with Crippen LogP contribution < -0.4 is 5.32 Å². The number of halogens is 1. The van der Waals surface area contributed by atoms with Crippen molar-refractivity contribution >= 4 is 17.5 Å². The molecule has 1 aromatic carbocycles. The maximum absolute atomic E-state index is 13.2. The van der Waals surface area contributed by atoms with Crippen LogP contribution in [-0.2, 0) is 9.59 Å². The van der Waals surface area contributed by atoms with E-state index in [-0.39, 0.29) is 17.6 Å². The first-order chi connectivity index (χ1) is 13.6. The van der Waals surface area contributed by atoms with Gasteiger partial charge >= 0.3 is 0 Å². The number of hydrogen-bond acceptors (Lipinski definition) is 4. The van der Waals surface area contributed by atoms with Crippen molar-refractivity contribution in [1.82, 2.24) is 14.7 Å². The highest BCUT2D eigenvalue weighted by Crippen LogP contribution is 2.12. The number of piperazine rings is 1. The number of amides is 2. The Kier molecular flexibility index (Phi) is 7.80. The average molecular weight is 391 g/mol. The molecular formula is C21H31FN4O2. The summed E-state index contributed by atoms with van der Waals surface area (Å²) in [5.41, 5.74) is 0.488. The largest absolute Gasteiger partial charge is 0.342 e. The molecule has 1 N–H and O–H groups in total. The third-order valence-corrected chi connectivity index (χ3v) is 5.55. The molecule has 2 aliphatic heterocycles. The van der Waals surface area contributed by atoms with Crippen LogP contribution in [-0.4, -0.2) is 78.9 Å². The van der Waals surface area contributed by atoms with E-state index in [1.54, 1.807) is 12.1 Å². The summed E-state index contributed by atoms with van der Waals surface area (Å²) in [6.07, 6.45) is 5.09. The minimum atomic E-state index is -0.358. The number of carbonyl (C=O) groups excluding carboxylic acids is 2. The van der Waals surface area contributed by atoms with Gasteiger partial charge in [-0.3, -0.25) is 14.5 Å². The van der Waals surface area contributed by atoms with Crippen LogP contribution in [0.3, 0.4) is 0 Å². The first-order valence-corrected chi connectivity index (χ1v) is 10.4. The van der Waals surface area contributed by atoms with Gasteiger partial charge in [0.25, 0.3) is 0 Å². The summed E-state index contributed by atoms with van der Waals surface area (Å²) >= 11 is 0. The number of nitrogens with zero attached hydrogens (tertiary/aromatic N) is 3. The van der Waals surface area contributed by atoms with Crippen molar-refractivity contribution in [2.24, 2.45) is 0 Å². The van der Waals surface area contributed by atoms with Crippen LogP contribution in [0.15, 0.2) is 24.3 Å². The molecule has 7 heteroatoms. The molecule has 2 amide bonds. The summed E-state index contributed by atoms with van der Waals surface area (Å²) in [7, 11) is 0. The normalized spacial score (nSPS) is 19.2. The van der Waals surface area contributed by atoms with Crippen LogP contribution in [0.5, 0.6) is 0 Å². The molecule has 2 fully saturated rings. The third-order valence-electron chi connectivity index (χ3n) is 5.55. The van der Waals surface area contributed by atoms with Crippen LogP contribution in [0.2, 0.25) is 0 Å². The van der Waals surface area contributed by atoms with E-state index in [1.165, 1.54) is 25.0 Å². The Labute approximate surface area is 166 Å². The summed E-state index contributed by atoms with van der Waals surface area (Å²) in [5, 5.41) is 2.73. The molecule has 1 aromatic rings. The van der Waals surface area contributed by atoms with E-state index in [9.17, 15) is 14.0 Å². The van der Waals surface area contributed by atoms with Crippen molar-refractivity contribution in [3.63, 3.8) is 0 Å². The number of rotatable bonds is 6. The quantitative estimate of drug-likeness (QED) is 0.809. The molecule has 0 saturated carbocycles. The van der Waals surface area contributed by atoms with Crippen molar-refractivity contribution in [1.29, 1.82) is 0 Å². The van der Waals surface area contributed by atoms with E-state index in [4.69, 9.17) is 0 Å². The molecule has 154 valence electrons. The molecule has 0 radical (unpaired) electrons. The van der Waals surface area contributed by atoms with E-state index >= 15 is 0 Å². The van der Waals surface area contributed by atoms with Gasteiger partial charge in [-0.1, -0.05) is 18.9 Å². The lowest BCUT2D eigenvalue weighted by atomic mass is 10.2. The summed E-state index contributed by atoms with van der Waals surface area (Å²) in [6, 6.07) is 5.93. The second-order valence-electron chi connectivity index (χ2n) is 7.72. The highest BCUT2D eigenvalue weighted by molar-refractivity contribution is 5.90. The predicted molar refractivity (Wildman–Crippen MR) is 108 cm³/mol. The highest BCUT2D eigenvalue weighted by Gasteiger charge is 2.22. The number of benzene rings is 1. The Morgan fingerprint density at radius 2 is 1.61 bits per heavy atom. The fourth-order valence-electron chi connectivity index (χ4n) is 3.83. The smallest absolute Gasteiger partial charge is 0.236 e. The highest BCUT2D eigenvalue weighted by atomic mass is 19.1. The molecule has 2 heterocycles. The fourth-order valence-corrected chi connectivity index (χ4v) is 3.83. The molecular weight excluding hydrogens is 359 g/mol. The number of likely N-dealkylation sites (tertiary alicyclic amines) is 1. The molecule has 0 aliphatic carbocycles. The zero-order chi connectivity index (χ0) is 19.8. The number of hydrogen-bond donors (Lipinski definition) is 1. The van der Waals surface area contributed by atoms with Crippen LogP contribution in [0.25, 0.3) is 0 Å². The summed E-state index contributed by atoms with van der Waals surface area (Å²) in [4.78, 5) is 31.1. The summed E-state index contributed by atoms with van der Waals surface area (Å²) < 4.78 is 13.2. The van der Waals surface area contributed by atoms with Gasteiger partial charge in [-0.05, 0) is 31.0 Å². The van der Waals surface area contributed by atoms with Crippen LogP contribution in [0, 0.1) is 5.82 Å². The van der Waals surface area contributed by atoms with Gasteiger partial charge in [-0.15, -0.1) is 0 Å². The van der Waals surface area contributed by atoms with E-state index in [1.807, 2.05) is 4.90 Å². The molecule has 2 aliphatic rings. The second-order valence-corrected chi connectivity index (χ2v) is 7.72. The molecule has 0 bridgehead atoms. The molecule has 28 heavy (non-hydrogen) atoms. The molecule has 0 unspecified atom stereocenters. The lowest BCUT2D eigenvalue weighted by Crippen LogP contribution is -2.50. The predicted octanol–water partition coefficient (Wildman–Crippen LogP) is 2.17. The van der Waals surface area contributed by atoms with E-state index < -0.39 is 0 Å². The fraction of sp³-hybridized carbons (Fsp3) is 0.619. The van der Waals surface area contributed by atoms with Crippen molar-refractivity contribution in [2.45, 2.75) is 32.1 Å². The molecule has 0 spiro atoms. The van der Waals surface area contributed by atoms with Gasteiger partial charge in [0, 0.05) is 57.9 Å². The van der Waals surface area contributed by atoms with Gasteiger partial charge in [-0.2, -0.15) is 0 Å². The lowest BCUT2D eigenvalue weighted by molar-refractivity contribution is -0.132. The Hall–Kier alpha value is -1.99. The summed E-state index contributed by atoms with van der Waals surface area (Å²) in [6.45, 7) is 6.42. The van der Waals surface area contributed by atoms with E-state index in [2.05, 4.69) is 15.1 Å². The minimum absolute atomic E-state index is 0.107. The van der Waals surface area contributed by atoms with Crippen molar-refractivity contribution in [2.75, 3.05) is 57.7 Å². The zero-order valence-electron chi connectivity index (χ0n) is 16.5. The Bertz CT molecular complexity index is 654. The van der Waals surface area contributed by atoms with E-state index in [0.717, 1.165) is 52.1 Å². The van der Waals surface area contributed by atoms with Gasteiger partial charge < -0.3 is 15.1 Å². The molecule has 0 atom stereocenters. The van der Waals surface area contributed by atoms with Gasteiger partial charge in [0.1, 0.15) is 5.82 Å². The van der Waals surface area contributed by atoms with Crippen LogP contribution in [0.1, 0.15) is 32.1 Å². The molecule has 2 saturated heterocycles. The SMILES string of the molecule is O=C(CCN1CCN(CC(=O)N2CCCCCC2)CC1)Nc1cccc(F)c1. The van der Waals surface area contributed by atoms with Crippen molar-refractivity contribution < 1.29 is 14.0 Å². The van der Waals surface area contributed by atoms with Crippen LogP contribution >= 0.6 is 0 Å². The monoisotopic (exact) mass is 390 g/mol. The third kappa shape index (κ3) is 6.56. The van der Waals surface area contributed by atoms with E-state index in [0.29, 0.717) is 25.2 Å². The maximum Gasteiger partial charge on any atom is 0.236 e. The van der Waals surface area contributed by atoms with Gasteiger partial charge in [0.15, 0.2) is 0 Å². The Morgan fingerprint density at radius 3 is 2.29 bits per heavy atom. The summed E-state index contributed by atoms with van der Waals surface area (Å²) in [5.74, 6) is -0.210. The Morgan fingerprint density at radius 1 is 0.929 bits per heavy atom. The average Bonchev–Trinajstić information content (AvgIpc) is 2.97. The minimum Gasteiger partial charge on any atom is -0.342 e. The maximum atomic E-state index is 13.2. The number of nitrogens with one attached hydrogen (secondary N) is 1. The van der Waals surface area contributed by atoms with Crippen molar-refractivity contribution in [3.8, 4) is 0 Å². The molecule has 6 nitrogen and oxygen atoms in total. The Balaban J connectivity index is 1.33. The van der Waals surface area contributed by atoms with Crippen molar-refractivity contribution in [3.05, 3.63) is 30.1 Å². The van der Waals surface area contributed by atoms with Gasteiger partial charge in [0.05, 0.1) is 6.54 Å². The van der Waals surface area contributed by atoms with Gasteiger partial charge in [-0.25, -0.2) is 4.39 Å². The number of anilines is 1. The topological polar surface area (TPSA) is 55.9 Å². The first-order valence-electron chi connectivity index (χ1n) is 10.4. The molecule has 3 rings (SSSR count). The second kappa shape index (κ2) is 10.5. The molecule has 0 aromatic heterocycles.